The van der Waals surface area contributed by atoms with Crippen LogP contribution in [0.25, 0.3) is 0 Å². The molecule has 1 unspecified atom stereocenters. The van der Waals surface area contributed by atoms with Gasteiger partial charge in [-0.3, -0.25) is 14.9 Å². The Balaban J connectivity index is 2.82. The monoisotopic (exact) mass is 436 g/mol. The van der Waals surface area contributed by atoms with E-state index in [1.54, 1.807) is 0 Å². The minimum absolute atomic E-state index is 0.0200. The van der Waals surface area contributed by atoms with E-state index >= 15 is 0 Å². The van der Waals surface area contributed by atoms with Gasteiger partial charge < -0.3 is 16.0 Å². The Morgan fingerprint density at radius 2 is 2.00 bits per heavy atom. The molecule has 1 amide bonds. The molecule has 13 heteroatoms. The number of hydrogen-bond acceptors (Lipinski definition) is 4. The van der Waals surface area contributed by atoms with Crippen LogP contribution in [0.2, 0.25) is 5.02 Å². The van der Waals surface area contributed by atoms with E-state index in [1.807, 2.05) is 0 Å². The van der Waals surface area contributed by atoms with Gasteiger partial charge in [0.25, 0.3) is 11.6 Å². The summed E-state index contributed by atoms with van der Waals surface area (Å²) in [5, 5.41) is 17.7. The van der Waals surface area contributed by atoms with Crippen molar-refractivity contribution in [3.05, 3.63) is 33.3 Å². The number of anilines is 1. The van der Waals surface area contributed by atoms with Gasteiger partial charge >= 0.3 is 0 Å². The van der Waals surface area contributed by atoms with Gasteiger partial charge in [-0.15, -0.1) is 0 Å². The highest BCUT2D eigenvalue weighted by Crippen LogP contribution is 2.30. The number of nitro groups is 1. The lowest BCUT2D eigenvalue weighted by Crippen LogP contribution is -2.56. The molecule has 0 bridgehead atoms. The molecule has 0 fully saturated rings. The summed E-state index contributed by atoms with van der Waals surface area (Å²) in [5.41, 5.74) is 0.0263. The standard InChI is InChI=1S/C11H9Cl4FN4O3S/c12-6-3-5(20(22)23)1-2-7(6)17-10(24)19-9(11(13,14)15)18-8(21)4-16/h1-3,9H,4H2,(H,18,21)(H2,17,19,24). The molecule has 1 aromatic rings. The third-order valence-electron chi connectivity index (χ3n) is 2.44. The van der Waals surface area contributed by atoms with E-state index in [9.17, 15) is 19.3 Å². The van der Waals surface area contributed by atoms with Crippen LogP contribution in [-0.2, 0) is 4.79 Å². The van der Waals surface area contributed by atoms with Crippen molar-refractivity contribution < 1.29 is 14.1 Å². The van der Waals surface area contributed by atoms with Gasteiger partial charge in [0.05, 0.1) is 15.6 Å². The number of nitro benzene ring substituents is 1. The van der Waals surface area contributed by atoms with Crippen LogP contribution in [0.15, 0.2) is 18.2 Å². The van der Waals surface area contributed by atoms with Gasteiger partial charge in [0.2, 0.25) is 3.79 Å². The second kappa shape index (κ2) is 8.82. The average molecular weight is 438 g/mol. The zero-order chi connectivity index (χ0) is 18.5. The fourth-order valence-electron chi connectivity index (χ4n) is 1.41. The second-order valence-corrected chi connectivity index (χ2v) is 7.38. The third kappa shape index (κ3) is 6.40. The number of halogens is 5. The molecule has 1 atom stereocenters. The molecule has 0 aromatic heterocycles. The first-order valence-electron chi connectivity index (χ1n) is 5.98. The first-order valence-corrected chi connectivity index (χ1v) is 7.90. The second-order valence-electron chi connectivity index (χ2n) is 4.20. The molecular weight excluding hydrogens is 429 g/mol. The van der Waals surface area contributed by atoms with Crippen LogP contribution in [0.4, 0.5) is 15.8 Å². The van der Waals surface area contributed by atoms with Crippen molar-refractivity contribution >= 4 is 81.0 Å². The molecule has 132 valence electrons. The van der Waals surface area contributed by atoms with Crippen LogP contribution >= 0.6 is 58.6 Å². The molecule has 0 aliphatic heterocycles. The van der Waals surface area contributed by atoms with Crippen LogP contribution in [0.3, 0.4) is 0 Å². The van der Waals surface area contributed by atoms with Crippen molar-refractivity contribution in [2.75, 3.05) is 12.0 Å². The number of carbonyl (C=O) groups excluding carboxylic acids is 1. The quantitative estimate of drug-likeness (QED) is 0.215. The Kier molecular flexibility index (Phi) is 7.68. The van der Waals surface area contributed by atoms with E-state index < -0.39 is 27.5 Å². The summed E-state index contributed by atoms with van der Waals surface area (Å²) < 4.78 is 10.3. The predicted molar refractivity (Wildman–Crippen MR) is 95.7 cm³/mol. The lowest BCUT2D eigenvalue weighted by Gasteiger charge is -2.27. The lowest BCUT2D eigenvalue weighted by atomic mass is 10.3. The Morgan fingerprint density at radius 1 is 1.38 bits per heavy atom. The van der Waals surface area contributed by atoms with E-state index in [2.05, 4.69) is 16.0 Å². The van der Waals surface area contributed by atoms with Gasteiger partial charge in [0, 0.05) is 12.1 Å². The van der Waals surface area contributed by atoms with Crippen molar-refractivity contribution in [3.8, 4) is 0 Å². The van der Waals surface area contributed by atoms with Crippen molar-refractivity contribution in [2.24, 2.45) is 0 Å². The molecular formula is C11H9Cl4FN4O3S. The van der Waals surface area contributed by atoms with Crippen LogP contribution < -0.4 is 16.0 Å². The van der Waals surface area contributed by atoms with Gasteiger partial charge in [-0.25, -0.2) is 4.39 Å². The van der Waals surface area contributed by atoms with Crippen molar-refractivity contribution in [2.45, 2.75) is 9.96 Å². The Morgan fingerprint density at radius 3 is 2.46 bits per heavy atom. The van der Waals surface area contributed by atoms with Crippen LogP contribution in [0.1, 0.15) is 0 Å². The summed E-state index contributed by atoms with van der Waals surface area (Å²) in [4.78, 5) is 21.1. The zero-order valence-electron chi connectivity index (χ0n) is 11.5. The molecule has 3 N–H and O–H groups in total. The molecule has 0 saturated heterocycles. The van der Waals surface area contributed by atoms with E-state index in [-0.39, 0.29) is 21.5 Å². The number of carbonyl (C=O) groups is 1. The number of thiocarbonyl (C=S) groups is 1. The Hall–Kier alpha value is -1.13. The highest BCUT2D eigenvalue weighted by atomic mass is 35.6. The summed E-state index contributed by atoms with van der Waals surface area (Å²) in [6, 6.07) is 3.64. The number of nitrogens with zero attached hydrogens (tertiary/aromatic N) is 1. The zero-order valence-corrected chi connectivity index (χ0v) is 15.3. The fraction of sp³-hybridized carbons (Fsp3) is 0.273. The van der Waals surface area contributed by atoms with Gasteiger partial charge in [-0.05, 0) is 18.3 Å². The number of nitrogens with one attached hydrogen (secondary N) is 3. The normalized spacial score (nSPS) is 12.2. The Labute approximate surface area is 160 Å². The maximum absolute atomic E-state index is 12.3. The smallest absolute Gasteiger partial charge is 0.271 e. The lowest BCUT2D eigenvalue weighted by molar-refractivity contribution is -0.384. The van der Waals surface area contributed by atoms with E-state index in [0.29, 0.717) is 0 Å². The van der Waals surface area contributed by atoms with Crippen LogP contribution in [-0.4, -0.2) is 32.6 Å². The summed E-state index contributed by atoms with van der Waals surface area (Å²) in [6.45, 7) is -1.31. The minimum Gasteiger partial charge on any atom is -0.339 e. The molecule has 0 radical (unpaired) electrons. The van der Waals surface area contributed by atoms with Crippen molar-refractivity contribution in [1.29, 1.82) is 0 Å². The molecule has 24 heavy (non-hydrogen) atoms. The molecule has 1 rings (SSSR count). The molecule has 0 heterocycles. The first-order chi connectivity index (χ1) is 11.0. The highest BCUT2D eigenvalue weighted by Gasteiger charge is 2.34. The number of hydrogen-bond donors (Lipinski definition) is 3. The highest BCUT2D eigenvalue weighted by molar-refractivity contribution is 7.80. The summed E-state index contributed by atoms with van der Waals surface area (Å²) >= 11 is 27.9. The van der Waals surface area contributed by atoms with Gasteiger partial charge in [0.1, 0.15) is 6.17 Å². The molecule has 0 aliphatic rings. The summed E-state index contributed by atoms with van der Waals surface area (Å²) in [6.07, 6.45) is -1.33. The summed E-state index contributed by atoms with van der Waals surface area (Å²) in [7, 11) is 0. The van der Waals surface area contributed by atoms with Crippen LogP contribution in [0, 0.1) is 10.1 Å². The first kappa shape index (κ1) is 20.9. The molecule has 0 spiro atoms. The third-order valence-corrected chi connectivity index (χ3v) is 3.63. The number of amides is 1. The molecule has 7 nitrogen and oxygen atoms in total. The number of benzene rings is 1. The van der Waals surface area contributed by atoms with E-state index in [1.165, 1.54) is 12.1 Å². The summed E-state index contributed by atoms with van der Waals surface area (Å²) in [5.74, 6) is -1.02. The predicted octanol–water partition coefficient (Wildman–Crippen LogP) is 3.32. The number of rotatable bonds is 5. The SMILES string of the molecule is O=C(CF)NC(NC(=S)Nc1ccc([N+](=O)[O-])cc1Cl)C(Cl)(Cl)Cl. The maximum Gasteiger partial charge on any atom is 0.271 e. The van der Waals surface area contributed by atoms with Gasteiger partial charge in [0.15, 0.2) is 11.8 Å². The van der Waals surface area contributed by atoms with Crippen molar-refractivity contribution in [3.63, 3.8) is 0 Å². The largest absolute Gasteiger partial charge is 0.339 e. The topological polar surface area (TPSA) is 96.3 Å². The van der Waals surface area contributed by atoms with E-state index in [4.69, 9.17) is 58.6 Å². The molecule has 1 aromatic carbocycles. The molecule has 0 aliphatic carbocycles. The number of non-ortho nitro benzene ring substituents is 1. The van der Waals surface area contributed by atoms with Crippen LogP contribution in [0.5, 0.6) is 0 Å². The molecule has 0 saturated carbocycles. The Bertz CT molecular complexity index is 659. The number of alkyl halides is 4. The maximum atomic E-state index is 12.3. The van der Waals surface area contributed by atoms with Gasteiger partial charge in [-0.1, -0.05) is 46.4 Å². The van der Waals surface area contributed by atoms with Gasteiger partial charge in [-0.2, -0.15) is 0 Å². The minimum atomic E-state index is -2.03. The van der Waals surface area contributed by atoms with Crippen molar-refractivity contribution in [1.82, 2.24) is 10.6 Å². The van der Waals surface area contributed by atoms with E-state index in [0.717, 1.165) is 6.07 Å². The fourth-order valence-corrected chi connectivity index (χ4v) is 2.18. The average Bonchev–Trinajstić information content (AvgIpc) is 2.47.